The zero-order valence-corrected chi connectivity index (χ0v) is 8.83. The van der Waals surface area contributed by atoms with E-state index in [2.05, 4.69) is 56.3 Å². The molecule has 1 aliphatic rings. The van der Waals surface area contributed by atoms with Gasteiger partial charge in [0.2, 0.25) is 0 Å². The lowest BCUT2D eigenvalue weighted by molar-refractivity contribution is 0.749. The van der Waals surface area contributed by atoms with Crippen LogP contribution in [0.4, 0.5) is 0 Å². The Kier molecular flexibility index (Phi) is 2.53. The molecule has 0 heterocycles. The van der Waals surface area contributed by atoms with Crippen LogP contribution in [0, 0.1) is 12.8 Å². The molecule has 0 saturated carbocycles. The molecular weight excluding hydrogens is 168 g/mol. The van der Waals surface area contributed by atoms with Gasteiger partial charge >= 0.3 is 0 Å². The van der Waals surface area contributed by atoms with Gasteiger partial charge in [-0.3, -0.25) is 0 Å². The van der Waals surface area contributed by atoms with Crippen molar-refractivity contribution in [1.29, 1.82) is 0 Å². The predicted molar refractivity (Wildman–Crippen MR) is 62.1 cm³/mol. The van der Waals surface area contributed by atoms with Gasteiger partial charge in [-0.2, -0.15) is 0 Å². The molecule has 1 unspecified atom stereocenters. The molecule has 0 bridgehead atoms. The Labute approximate surface area is 86.0 Å². The lowest BCUT2D eigenvalue weighted by Gasteiger charge is -2.14. The van der Waals surface area contributed by atoms with E-state index in [1.165, 1.54) is 23.1 Å². The minimum atomic E-state index is 0.676. The van der Waals surface area contributed by atoms with Crippen LogP contribution in [0.5, 0.6) is 0 Å². The second-order valence-electron chi connectivity index (χ2n) is 4.13. The third-order valence-corrected chi connectivity index (χ3v) is 2.67. The molecule has 0 radical (unpaired) electrons. The maximum Gasteiger partial charge on any atom is -0.0212 e. The molecule has 1 atom stereocenters. The van der Waals surface area contributed by atoms with Crippen molar-refractivity contribution in [3.8, 4) is 0 Å². The van der Waals surface area contributed by atoms with Crippen LogP contribution >= 0.6 is 0 Å². The third kappa shape index (κ3) is 1.95. The fourth-order valence-corrected chi connectivity index (χ4v) is 1.90. The van der Waals surface area contributed by atoms with Crippen molar-refractivity contribution in [1.82, 2.24) is 0 Å². The summed E-state index contributed by atoms with van der Waals surface area (Å²) in [4.78, 5) is 0. The molecule has 0 N–H and O–H groups in total. The number of hydrogen-bond donors (Lipinski definition) is 0. The molecule has 0 saturated heterocycles. The molecule has 1 aromatic carbocycles. The zero-order valence-electron chi connectivity index (χ0n) is 8.83. The largest absolute Gasteiger partial charge is 0.0814 e. The van der Waals surface area contributed by atoms with Gasteiger partial charge in [0.05, 0.1) is 0 Å². The normalized spacial score (nSPS) is 20.7. The molecule has 1 aromatic rings. The summed E-state index contributed by atoms with van der Waals surface area (Å²) in [7, 11) is 0. The van der Waals surface area contributed by atoms with Crippen LogP contribution in [0.2, 0.25) is 0 Å². The summed E-state index contributed by atoms with van der Waals surface area (Å²) in [6, 6.07) is 8.74. The van der Waals surface area contributed by atoms with E-state index >= 15 is 0 Å². The third-order valence-electron chi connectivity index (χ3n) is 2.67. The molecular formula is C14H16. The molecule has 1 aliphatic carbocycles. The van der Waals surface area contributed by atoms with Crippen LogP contribution in [0.1, 0.15) is 24.5 Å². The molecule has 0 fully saturated rings. The molecule has 0 amide bonds. The van der Waals surface area contributed by atoms with Crippen molar-refractivity contribution in [2.24, 2.45) is 5.92 Å². The van der Waals surface area contributed by atoms with E-state index in [0.717, 1.165) is 0 Å². The molecule has 0 aromatic heterocycles. The Hall–Kier alpha value is -1.30. The lowest BCUT2D eigenvalue weighted by atomic mass is 9.91. The van der Waals surface area contributed by atoms with E-state index in [0.29, 0.717) is 5.92 Å². The molecule has 0 aliphatic heterocycles. The molecule has 2 rings (SSSR count). The van der Waals surface area contributed by atoms with E-state index in [9.17, 15) is 0 Å². The number of benzene rings is 1. The highest BCUT2D eigenvalue weighted by molar-refractivity contribution is 5.68. The van der Waals surface area contributed by atoms with Crippen molar-refractivity contribution in [2.45, 2.75) is 20.3 Å². The summed E-state index contributed by atoms with van der Waals surface area (Å²) >= 11 is 0. The SMILES string of the molecule is Cc1cccc(C2=CC=CC(C)C2)c1. The average molecular weight is 184 g/mol. The highest BCUT2D eigenvalue weighted by Crippen LogP contribution is 2.27. The maximum absolute atomic E-state index is 2.26. The Bertz CT molecular complexity index is 383. The van der Waals surface area contributed by atoms with Gasteiger partial charge < -0.3 is 0 Å². The van der Waals surface area contributed by atoms with Gasteiger partial charge in [-0.1, -0.05) is 55.0 Å². The highest BCUT2D eigenvalue weighted by atomic mass is 14.1. The second-order valence-corrected chi connectivity index (χ2v) is 4.13. The van der Waals surface area contributed by atoms with Crippen LogP contribution in [0.3, 0.4) is 0 Å². The van der Waals surface area contributed by atoms with Gasteiger partial charge in [-0.25, -0.2) is 0 Å². The summed E-state index contributed by atoms with van der Waals surface area (Å²) < 4.78 is 0. The maximum atomic E-state index is 2.26. The summed E-state index contributed by atoms with van der Waals surface area (Å²) in [5.41, 5.74) is 4.18. The Morgan fingerprint density at radius 1 is 1.29 bits per heavy atom. The van der Waals surface area contributed by atoms with E-state index in [1.807, 2.05) is 0 Å². The van der Waals surface area contributed by atoms with E-state index in [4.69, 9.17) is 0 Å². The summed E-state index contributed by atoms with van der Waals surface area (Å²) in [5.74, 6) is 0.676. The summed E-state index contributed by atoms with van der Waals surface area (Å²) in [6.07, 6.45) is 7.83. The van der Waals surface area contributed by atoms with Gasteiger partial charge in [-0.15, -0.1) is 0 Å². The second kappa shape index (κ2) is 3.83. The summed E-state index contributed by atoms with van der Waals surface area (Å²) in [6.45, 7) is 4.41. The van der Waals surface area contributed by atoms with Crippen molar-refractivity contribution in [3.63, 3.8) is 0 Å². The van der Waals surface area contributed by atoms with Gasteiger partial charge in [0.15, 0.2) is 0 Å². The number of aryl methyl sites for hydroxylation is 1. The van der Waals surface area contributed by atoms with E-state index < -0.39 is 0 Å². The standard InChI is InChI=1S/C14H16/c1-11-5-3-7-13(9-11)14-8-4-6-12(2)10-14/h3-9,12H,10H2,1-2H3. The first-order valence-electron chi connectivity index (χ1n) is 5.20. The van der Waals surface area contributed by atoms with Crippen molar-refractivity contribution in [3.05, 3.63) is 53.6 Å². The van der Waals surface area contributed by atoms with Crippen LogP contribution in [0.25, 0.3) is 5.57 Å². The monoisotopic (exact) mass is 184 g/mol. The number of rotatable bonds is 1. The molecule has 0 spiro atoms. The number of hydrogen-bond acceptors (Lipinski definition) is 0. The number of allylic oxidation sites excluding steroid dienone is 4. The average Bonchev–Trinajstić information content (AvgIpc) is 2.18. The Morgan fingerprint density at radius 2 is 2.14 bits per heavy atom. The Balaban J connectivity index is 2.31. The van der Waals surface area contributed by atoms with Gasteiger partial charge in [-0.05, 0) is 30.4 Å². The van der Waals surface area contributed by atoms with E-state index in [-0.39, 0.29) is 0 Å². The van der Waals surface area contributed by atoms with Crippen LogP contribution in [-0.4, -0.2) is 0 Å². The highest BCUT2D eigenvalue weighted by Gasteiger charge is 2.08. The van der Waals surface area contributed by atoms with Gasteiger partial charge in [0, 0.05) is 0 Å². The zero-order chi connectivity index (χ0) is 9.97. The lowest BCUT2D eigenvalue weighted by Crippen LogP contribution is -1.97. The first-order valence-corrected chi connectivity index (χ1v) is 5.20. The van der Waals surface area contributed by atoms with Gasteiger partial charge in [0.25, 0.3) is 0 Å². The van der Waals surface area contributed by atoms with Crippen LogP contribution in [-0.2, 0) is 0 Å². The minimum absolute atomic E-state index is 0.676. The molecule has 0 nitrogen and oxygen atoms in total. The van der Waals surface area contributed by atoms with E-state index in [1.54, 1.807) is 0 Å². The van der Waals surface area contributed by atoms with Crippen LogP contribution in [0.15, 0.2) is 42.5 Å². The smallest absolute Gasteiger partial charge is 0.0212 e. The molecule has 72 valence electrons. The summed E-state index contributed by atoms with van der Waals surface area (Å²) in [5, 5.41) is 0. The fraction of sp³-hybridized carbons (Fsp3) is 0.286. The first kappa shape index (κ1) is 9.26. The molecule has 0 heteroatoms. The fourth-order valence-electron chi connectivity index (χ4n) is 1.90. The van der Waals surface area contributed by atoms with Crippen LogP contribution < -0.4 is 0 Å². The quantitative estimate of drug-likeness (QED) is 0.619. The van der Waals surface area contributed by atoms with Crippen molar-refractivity contribution in [2.75, 3.05) is 0 Å². The predicted octanol–water partition coefficient (Wildman–Crippen LogP) is 3.97. The van der Waals surface area contributed by atoms with Crippen molar-refractivity contribution < 1.29 is 0 Å². The Morgan fingerprint density at radius 3 is 2.86 bits per heavy atom. The van der Waals surface area contributed by atoms with Gasteiger partial charge in [0.1, 0.15) is 0 Å². The first-order chi connectivity index (χ1) is 6.75. The van der Waals surface area contributed by atoms with Crippen molar-refractivity contribution >= 4 is 5.57 Å². The minimum Gasteiger partial charge on any atom is -0.0814 e. The topological polar surface area (TPSA) is 0 Å². The molecule has 14 heavy (non-hydrogen) atoms.